The number of hydrogen-bond donors (Lipinski definition) is 1. The molecule has 0 aliphatic carbocycles. The van der Waals surface area contributed by atoms with Crippen molar-refractivity contribution in [2.75, 3.05) is 13.2 Å². The first-order valence-electron chi connectivity index (χ1n) is 10.2. The maximum Gasteiger partial charge on any atom is 0.174 e. The number of aromatic nitrogens is 1. The number of rotatable bonds is 11. The molecule has 6 nitrogen and oxygen atoms in total. The summed E-state index contributed by atoms with van der Waals surface area (Å²) >= 11 is 0. The first-order valence-corrected chi connectivity index (χ1v) is 10.2. The molecule has 0 spiro atoms. The summed E-state index contributed by atoms with van der Waals surface area (Å²) in [7, 11) is 0. The molecule has 160 valence electrons. The van der Waals surface area contributed by atoms with E-state index in [9.17, 15) is 5.11 Å². The minimum atomic E-state index is -0.624. The van der Waals surface area contributed by atoms with E-state index in [0.717, 1.165) is 12.2 Å². The van der Waals surface area contributed by atoms with Crippen molar-refractivity contribution in [1.82, 2.24) is 10.1 Å². The molecule has 6 heteroatoms. The fourth-order valence-electron chi connectivity index (χ4n) is 3.11. The second-order valence-electron chi connectivity index (χ2n) is 7.64. The molecule has 0 bridgehead atoms. The van der Waals surface area contributed by atoms with Crippen LogP contribution in [0.1, 0.15) is 30.9 Å². The van der Waals surface area contributed by atoms with Crippen molar-refractivity contribution in [3.8, 4) is 11.5 Å². The Hall–Kier alpha value is -2.83. The summed E-state index contributed by atoms with van der Waals surface area (Å²) in [5.74, 6) is 1.84. The van der Waals surface area contributed by atoms with E-state index in [1.807, 2.05) is 55.5 Å². The second kappa shape index (κ2) is 10.8. The summed E-state index contributed by atoms with van der Waals surface area (Å²) in [6, 6.07) is 19.8. The number of aryl methyl sites for hydroxylation is 1. The van der Waals surface area contributed by atoms with Crippen molar-refractivity contribution in [2.24, 2.45) is 0 Å². The number of aliphatic hydroxyl groups excluding tert-OH is 1. The van der Waals surface area contributed by atoms with Crippen molar-refractivity contribution >= 4 is 0 Å². The third-order valence-electron chi connectivity index (χ3n) is 4.73. The number of aliphatic hydroxyl groups is 1. The summed E-state index contributed by atoms with van der Waals surface area (Å²) in [5.41, 5.74) is 2.03. The Balaban J connectivity index is 1.53. The maximum absolute atomic E-state index is 10.6. The first-order chi connectivity index (χ1) is 14.5. The van der Waals surface area contributed by atoms with Gasteiger partial charge in [0, 0.05) is 25.2 Å². The molecule has 0 fully saturated rings. The molecule has 1 atom stereocenters. The highest BCUT2D eigenvalue weighted by molar-refractivity contribution is 5.39. The van der Waals surface area contributed by atoms with Gasteiger partial charge in [0.1, 0.15) is 19.3 Å². The average Bonchev–Trinajstić information content (AvgIpc) is 3.16. The third kappa shape index (κ3) is 6.61. The predicted octanol–water partition coefficient (Wildman–Crippen LogP) is 4.21. The normalized spacial score (nSPS) is 12.3. The van der Waals surface area contributed by atoms with Gasteiger partial charge in [0.05, 0.1) is 5.69 Å². The van der Waals surface area contributed by atoms with Crippen LogP contribution in [-0.4, -0.2) is 40.5 Å². The van der Waals surface area contributed by atoms with Crippen molar-refractivity contribution in [3.63, 3.8) is 0 Å². The smallest absolute Gasteiger partial charge is 0.174 e. The molecule has 2 aromatic carbocycles. The van der Waals surface area contributed by atoms with Crippen LogP contribution in [0.3, 0.4) is 0 Å². The summed E-state index contributed by atoms with van der Waals surface area (Å²) in [5, 5.41) is 14.4. The largest absolute Gasteiger partial charge is 0.487 e. The van der Waals surface area contributed by atoms with E-state index < -0.39 is 6.10 Å². The molecule has 0 aliphatic heterocycles. The molecule has 3 rings (SSSR count). The zero-order chi connectivity index (χ0) is 21.3. The molecular formula is C24H30N2O4. The van der Waals surface area contributed by atoms with Gasteiger partial charge in [0.15, 0.2) is 17.3 Å². The highest BCUT2D eigenvalue weighted by atomic mass is 16.5. The highest BCUT2D eigenvalue weighted by Crippen LogP contribution is 2.27. The Labute approximate surface area is 178 Å². The second-order valence-corrected chi connectivity index (χ2v) is 7.64. The van der Waals surface area contributed by atoms with E-state index in [-0.39, 0.29) is 13.2 Å². The summed E-state index contributed by atoms with van der Waals surface area (Å²) in [4.78, 5) is 2.23. The molecule has 1 N–H and O–H groups in total. The van der Waals surface area contributed by atoms with Crippen LogP contribution >= 0.6 is 0 Å². The Kier molecular flexibility index (Phi) is 7.88. The molecule has 1 aromatic heterocycles. The van der Waals surface area contributed by atoms with Gasteiger partial charge in [-0.25, -0.2) is 0 Å². The van der Waals surface area contributed by atoms with Gasteiger partial charge in [-0.2, -0.15) is 0 Å². The molecule has 0 aliphatic rings. The van der Waals surface area contributed by atoms with Crippen LogP contribution in [0.25, 0.3) is 0 Å². The van der Waals surface area contributed by atoms with Gasteiger partial charge in [0.2, 0.25) is 0 Å². The molecule has 1 heterocycles. The lowest BCUT2D eigenvalue weighted by Gasteiger charge is -2.29. The van der Waals surface area contributed by atoms with Gasteiger partial charge in [0.25, 0.3) is 0 Å². The summed E-state index contributed by atoms with van der Waals surface area (Å²) in [6.45, 7) is 7.87. The molecule has 0 amide bonds. The summed E-state index contributed by atoms with van der Waals surface area (Å²) < 4.78 is 16.9. The quantitative estimate of drug-likeness (QED) is 0.511. The van der Waals surface area contributed by atoms with Crippen LogP contribution < -0.4 is 9.47 Å². The zero-order valence-corrected chi connectivity index (χ0v) is 17.8. The Morgan fingerprint density at radius 1 is 1.00 bits per heavy atom. The molecule has 30 heavy (non-hydrogen) atoms. The van der Waals surface area contributed by atoms with Gasteiger partial charge in [-0.05, 0) is 38.5 Å². The summed E-state index contributed by atoms with van der Waals surface area (Å²) in [6.07, 6.45) is -0.624. The van der Waals surface area contributed by atoms with Crippen LogP contribution in [0.15, 0.2) is 65.2 Å². The van der Waals surface area contributed by atoms with Crippen LogP contribution in [-0.2, 0) is 13.2 Å². The first kappa shape index (κ1) is 21.9. The number of ether oxygens (including phenoxy) is 2. The maximum atomic E-state index is 10.6. The van der Waals surface area contributed by atoms with E-state index in [0.29, 0.717) is 29.8 Å². The average molecular weight is 411 g/mol. The van der Waals surface area contributed by atoms with Gasteiger partial charge in [-0.1, -0.05) is 47.6 Å². The molecule has 0 saturated carbocycles. The van der Waals surface area contributed by atoms with E-state index in [2.05, 4.69) is 36.0 Å². The topological polar surface area (TPSA) is 68.0 Å². The highest BCUT2D eigenvalue weighted by Gasteiger charge is 2.17. The van der Waals surface area contributed by atoms with E-state index in [1.165, 1.54) is 5.56 Å². The van der Waals surface area contributed by atoms with Crippen molar-refractivity contribution < 1.29 is 19.1 Å². The van der Waals surface area contributed by atoms with Crippen molar-refractivity contribution in [1.29, 1.82) is 0 Å². The lowest BCUT2D eigenvalue weighted by Crippen LogP contribution is -2.39. The lowest BCUT2D eigenvalue weighted by molar-refractivity contribution is 0.0531. The molecule has 0 radical (unpaired) electrons. The zero-order valence-electron chi connectivity index (χ0n) is 17.8. The number of hydrogen-bond acceptors (Lipinski definition) is 6. The molecular weight excluding hydrogens is 380 g/mol. The van der Waals surface area contributed by atoms with E-state index in [4.69, 9.17) is 14.0 Å². The monoisotopic (exact) mass is 410 g/mol. The van der Waals surface area contributed by atoms with Crippen molar-refractivity contribution in [3.05, 3.63) is 77.7 Å². The van der Waals surface area contributed by atoms with Crippen LogP contribution in [0.4, 0.5) is 0 Å². The number of benzene rings is 2. The molecule has 3 aromatic rings. The van der Waals surface area contributed by atoms with Crippen LogP contribution in [0, 0.1) is 6.92 Å². The van der Waals surface area contributed by atoms with Crippen molar-refractivity contribution in [2.45, 2.75) is 46.1 Å². The Morgan fingerprint density at radius 3 is 2.30 bits per heavy atom. The number of para-hydroxylation sites is 2. The molecule has 0 saturated heterocycles. The van der Waals surface area contributed by atoms with Crippen LogP contribution in [0.2, 0.25) is 0 Å². The lowest BCUT2D eigenvalue weighted by atomic mass is 10.1. The van der Waals surface area contributed by atoms with Gasteiger partial charge < -0.3 is 19.1 Å². The van der Waals surface area contributed by atoms with Crippen LogP contribution in [0.5, 0.6) is 11.5 Å². The van der Waals surface area contributed by atoms with Gasteiger partial charge in [-0.3, -0.25) is 4.90 Å². The van der Waals surface area contributed by atoms with Gasteiger partial charge >= 0.3 is 0 Å². The fourth-order valence-corrected chi connectivity index (χ4v) is 3.11. The minimum absolute atomic E-state index is 0.180. The Bertz CT molecular complexity index is 895. The standard InChI is InChI=1S/C24H30N2O4/c1-18(2)26(14-20-9-5-4-6-10-20)15-21(27)16-28-23-11-7-8-12-24(23)29-17-22-13-19(3)25-30-22/h4-13,18,21,27H,14-17H2,1-3H3. The SMILES string of the molecule is Cc1cc(COc2ccccc2OCC(O)CN(Cc2ccccc2)C(C)C)on1. The Morgan fingerprint density at radius 2 is 1.67 bits per heavy atom. The predicted molar refractivity (Wildman–Crippen MR) is 116 cm³/mol. The van der Waals surface area contributed by atoms with E-state index >= 15 is 0 Å². The third-order valence-corrected chi connectivity index (χ3v) is 4.73. The molecule has 1 unspecified atom stereocenters. The van der Waals surface area contributed by atoms with E-state index in [1.54, 1.807) is 0 Å². The fraction of sp³-hybridized carbons (Fsp3) is 0.375. The number of nitrogens with zero attached hydrogens (tertiary/aromatic N) is 2. The minimum Gasteiger partial charge on any atom is -0.487 e. The van der Waals surface area contributed by atoms with Gasteiger partial charge in [-0.15, -0.1) is 0 Å².